The summed E-state index contributed by atoms with van der Waals surface area (Å²) in [6, 6.07) is 4.82. The Kier molecular flexibility index (Phi) is 5.46. The van der Waals surface area contributed by atoms with Gasteiger partial charge in [0, 0.05) is 11.6 Å². The van der Waals surface area contributed by atoms with E-state index in [0.29, 0.717) is 22.9 Å². The lowest BCUT2D eigenvalue weighted by atomic mass is 10.2. The fraction of sp³-hybridized carbons (Fsp3) is 0.214. The number of hydrogen-bond acceptors (Lipinski definition) is 5. The predicted molar refractivity (Wildman–Crippen MR) is 87.1 cm³/mol. The van der Waals surface area contributed by atoms with Crippen LogP contribution >= 0.6 is 23.2 Å². The fourth-order valence-electron chi connectivity index (χ4n) is 1.87. The van der Waals surface area contributed by atoms with Gasteiger partial charge in [-0.25, -0.2) is 4.79 Å². The molecule has 0 aliphatic carbocycles. The number of hydrogen-bond donors (Lipinski definition) is 1. The molecular weight excluding hydrogens is 343 g/mol. The quantitative estimate of drug-likeness (QED) is 0.384. The smallest absolute Gasteiger partial charge is 0.385 e. The van der Waals surface area contributed by atoms with E-state index in [2.05, 4.69) is 10.3 Å². The maximum Gasteiger partial charge on any atom is 0.385 e. The standard InChI is InChI=1S/C14H14Cl2N4O3/c1-3-20-12(10(16)7-18-20)14(21)23-19-13(17)9-6-8(15)4-5-11(9)22-2/h4-7H,3H2,1-2H3,(H2,17,19). The number of rotatable bonds is 5. The van der Waals surface area contributed by atoms with E-state index >= 15 is 0 Å². The average molecular weight is 357 g/mol. The number of ether oxygens (including phenoxy) is 1. The predicted octanol–water partition coefficient (Wildman–Crippen LogP) is 2.70. The monoisotopic (exact) mass is 356 g/mol. The third kappa shape index (κ3) is 3.75. The molecule has 0 bridgehead atoms. The maximum atomic E-state index is 12.1. The molecule has 2 N–H and O–H groups in total. The summed E-state index contributed by atoms with van der Waals surface area (Å²) in [6.45, 7) is 2.27. The molecule has 0 aliphatic heterocycles. The Morgan fingerprint density at radius 3 is 2.83 bits per heavy atom. The number of carbonyl (C=O) groups excluding carboxylic acids is 1. The van der Waals surface area contributed by atoms with Crippen molar-refractivity contribution < 1.29 is 14.4 Å². The molecule has 1 aromatic carbocycles. The second-order valence-electron chi connectivity index (χ2n) is 4.36. The summed E-state index contributed by atoms with van der Waals surface area (Å²) in [7, 11) is 1.48. The Balaban J connectivity index is 2.24. The van der Waals surface area contributed by atoms with Crippen LogP contribution in [0.3, 0.4) is 0 Å². The molecule has 2 rings (SSSR count). The van der Waals surface area contributed by atoms with Crippen molar-refractivity contribution in [1.82, 2.24) is 9.78 Å². The molecule has 0 saturated carbocycles. The fourth-order valence-corrected chi connectivity index (χ4v) is 2.26. The third-order valence-electron chi connectivity index (χ3n) is 2.95. The summed E-state index contributed by atoms with van der Waals surface area (Å²) in [4.78, 5) is 16.9. The van der Waals surface area contributed by atoms with Crippen molar-refractivity contribution in [2.75, 3.05) is 7.11 Å². The zero-order valence-electron chi connectivity index (χ0n) is 12.4. The van der Waals surface area contributed by atoms with Crippen LogP contribution in [0.2, 0.25) is 10.0 Å². The SMILES string of the molecule is CCn1ncc(Cl)c1C(=O)O/N=C(\N)c1cc(Cl)ccc1OC. The normalized spacial score (nSPS) is 11.4. The van der Waals surface area contributed by atoms with E-state index < -0.39 is 5.97 Å². The molecule has 9 heteroatoms. The Bertz CT molecular complexity index is 758. The molecule has 0 saturated heterocycles. The van der Waals surface area contributed by atoms with Gasteiger partial charge in [0.1, 0.15) is 5.75 Å². The van der Waals surface area contributed by atoms with Gasteiger partial charge in [0.15, 0.2) is 11.5 Å². The van der Waals surface area contributed by atoms with Gasteiger partial charge in [-0.15, -0.1) is 0 Å². The highest BCUT2D eigenvalue weighted by molar-refractivity contribution is 6.33. The first-order valence-corrected chi connectivity index (χ1v) is 7.33. The second kappa shape index (κ2) is 7.34. The minimum Gasteiger partial charge on any atom is -0.496 e. The van der Waals surface area contributed by atoms with Gasteiger partial charge in [-0.3, -0.25) is 4.68 Å². The lowest BCUT2D eigenvalue weighted by molar-refractivity contribution is 0.0502. The number of amidine groups is 1. The van der Waals surface area contributed by atoms with Crippen LogP contribution in [0.5, 0.6) is 5.75 Å². The topological polar surface area (TPSA) is 91.7 Å². The van der Waals surface area contributed by atoms with Crippen molar-refractivity contribution in [3.05, 3.63) is 45.7 Å². The van der Waals surface area contributed by atoms with Gasteiger partial charge in [0.05, 0.1) is 23.9 Å². The highest BCUT2D eigenvalue weighted by Crippen LogP contribution is 2.22. The molecule has 1 heterocycles. The van der Waals surface area contributed by atoms with E-state index in [1.807, 2.05) is 6.92 Å². The lowest BCUT2D eigenvalue weighted by Gasteiger charge is -2.08. The van der Waals surface area contributed by atoms with Crippen LogP contribution in [0.25, 0.3) is 0 Å². The van der Waals surface area contributed by atoms with Crippen LogP contribution in [0.15, 0.2) is 29.6 Å². The summed E-state index contributed by atoms with van der Waals surface area (Å²) in [5.41, 5.74) is 6.34. The number of aromatic nitrogens is 2. The van der Waals surface area contributed by atoms with Crippen LogP contribution in [0, 0.1) is 0 Å². The molecule has 7 nitrogen and oxygen atoms in total. The molecule has 0 atom stereocenters. The van der Waals surface area contributed by atoms with Crippen LogP contribution in [0.4, 0.5) is 0 Å². The summed E-state index contributed by atoms with van der Waals surface area (Å²) in [6.07, 6.45) is 1.36. The molecule has 2 aromatic rings. The number of benzene rings is 1. The number of aryl methyl sites for hydroxylation is 1. The van der Waals surface area contributed by atoms with Gasteiger partial charge in [-0.2, -0.15) is 5.10 Å². The Morgan fingerprint density at radius 1 is 1.43 bits per heavy atom. The molecule has 122 valence electrons. The summed E-state index contributed by atoms with van der Waals surface area (Å²) >= 11 is 11.8. The Morgan fingerprint density at radius 2 is 2.17 bits per heavy atom. The van der Waals surface area contributed by atoms with Crippen LogP contribution < -0.4 is 10.5 Å². The van der Waals surface area contributed by atoms with Crippen molar-refractivity contribution in [3.63, 3.8) is 0 Å². The molecular formula is C14H14Cl2N4O3. The van der Waals surface area contributed by atoms with E-state index in [4.69, 9.17) is 38.5 Å². The average Bonchev–Trinajstić information content (AvgIpc) is 2.93. The first kappa shape index (κ1) is 17.1. The summed E-state index contributed by atoms with van der Waals surface area (Å²) < 4.78 is 6.56. The van der Waals surface area contributed by atoms with E-state index in [1.165, 1.54) is 18.0 Å². The van der Waals surface area contributed by atoms with Gasteiger partial charge < -0.3 is 15.3 Å². The summed E-state index contributed by atoms with van der Waals surface area (Å²) in [5.74, 6) is -0.377. The van der Waals surface area contributed by atoms with Gasteiger partial charge in [-0.1, -0.05) is 28.4 Å². The van der Waals surface area contributed by atoms with Crippen LogP contribution in [0.1, 0.15) is 23.0 Å². The van der Waals surface area contributed by atoms with Crippen molar-refractivity contribution in [2.45, 2.75) is 13.5 Å². The maximum absolute atomic E-state index is 12.1. The van der Waals surface area contributed by atoms with E-state index in [9.17, 15) is 4.79 Å². The second-order valence-corrected chi connectivity index (χ2v) is 5.20. The number of nitrogens with zero attached hydrogens (tertiary/aromatic N) is 3. The number of oxime groups is 1. The zero-order valence-corrected chi connectivity index (χ0v) is 13.9. The zero-order chi connectivity index (χ0) is 17.0. The van der Waals surface area contributed by atoms with Gasteiger partial charge in [-0.05, 0) is 25.1 Å². The first-order valence-electron chi connectivity index (χ1n) is 6.58. The molecule has 1 aromatic heterocycles. The van der Waals surface area contributed by atoms with Crippen molar-refractivity contribution in [3.8, 4) is 5.75 Å². The lowest BCUT2D eigenvalue weighted by Crippen LogP contribution is -2.17. The number of carbonyl (C=O) groups is 1. The highest BCUT2D eigenvalue weighted by Gasteiger charge is 2.19. The van der Waals surface area contributed by atoms with E-state index in [1.54, 1.807) is 18.2 Å². The Labute approximate surface area is 142 Å². The molecule has 0 fully saturated rings. The Hall–Kier alpha value is -2.25. The van der Waals surface area contributed by atoms with Crippen LogP contribution in [-0.2, 0) is 11.4 Å². The van der Waals surface area contributed by atoms with Crippen molar-refractivity contribution in [1.29, 1.82) is 0 Å². The van der Waals surface area contributed by atoms with Crippen LogP contribution in [-0.4, -0.2) is 28.7 Å². The van der Waals surface area contributed by atoms with Crippen molar-refractivity contribution in [2.24, 2.45) is 10.9 Å². The highest BCUT2D eigenvalue weighted by atomic mass is 35.5. The minimum atomic E-state index is -0.765. The van der Waals surface area contributed by atoms with Crippen molar-refractivity contribution >= 4 is 35.0 Å². The van der Waals surface area contributed by atoms with Gasteiger partial charge >= 0.3 is 5.97 Å². The molecule has 0 radical (unpaired) electrons. The first-order chi connectivity index (χ1) is 11.0. The largest absolute Gasteiger partial charge is 0.496 e. The molecule has 0 unspecified atom stereocenters. The molecule has 23 heavy (non-hydrogen) atoms. The molecule has 0 spiro atoms. The number of methoxy groups -OCH3 is 1. The van der Waals surface area contributed by atoms with Gasteiger partial charge in [0.25, 0.3) is 0 Å². The van der Waals surface area contributed by atoms with E-state index in [-0.39, 0.29) is 16.6 Å². The van der Waals surface area contributed by atoms with E-state index in [0.717, 1.165) is 0 Å². The summed E-state index contributed by atoms with van der Waals surface area (Å²) in [5, 5.41) is 8.18. The number of halogens is 2. The molecule has 0 amide bonds. The minimum absolute atomic E-state index is 0.0589. The molecule has 0 aliphatic rings. The number of nitrogens with two attached hydrogens (primary N) is 1. The van der Waals surface area contributed by atoms with Gasteiger partial charge in [0.2, 0.25) is 0 Å². The third-order valence-corrected chi connectivity index (χ3v) is 3.46.